The number of nitrogens with zero attached hydrogens (tertiary/aromatic N) is 1. The summed E-state index contributed by atoms with van der Waals surface area (Å²) in [5, 5.41) is 4.33. The molecule has 1 saturated carbocycles. The molecule has 0 radical (unpaired) electrons. The Morgan fingerprint density at radius 3 is 2.81 bits per heavy atom. The van der Waals surface area contributed by atoms with E-state index in [-0.39, 0.29) is 11.4 Å². The van der Waals surface area contributed by atoms with Crippen LogP contribution in [0.25, 0.3) is 6.08 Å². The van der Waals surface area contributed by atoms with Crippen LogP contribution in [0, 0.1) is 0 Å². The standard InChI is InChI=1S/C16H17ClN2OS/c17-11-7-5-10(6-8-11)9-14-15(20)19-13-4-2-1-3-12(13)18-16(19)21-14/h5-9,12-13,16,18H,1-4H2. The highest BCUT2D eigenvalue weighted by Gasteiger charge is 2.49. The smallest absolute Gasteiger partial charge is 0.262 e. The number of hydrogen-bond donors (Lipinski definition) is 1. The predicted octanol–water partition coefficient (Wildman–Crippen LogP) is 3.45. The molecule has 1 aromatic carbocycles. The van der Waals surface area contributed by atoms with Crippen LogP contribution in [0.5, 0.6) is 0 Å². The highest BCUT2D eigenvalue weighted by Crippen LogP contribution is 2.43. The summed E-state index contributed by atoms with van der Waals surface area (Å²) in [5.74, 6) is 0.182. The summed E-state index contributed by atoms with van der Waals surface area (Å²) >= 11 is 7.55. The lowest BCUT2D eigenvalue weighted by atomic mass is 9.91. The lowest BCUT2D eigenvalue weighted by Crippen LogP contribution is -2.40. The van der Waals surface area contributed by atoms with Crippen LogP contribution in [0.1, 0.15) is 31.2 Å². The Morgan fingerprint density at radius 2 is 2.00 bits per heavy atom. The molecule has 21 heavy (non-hydrogen) atoms. The van der Waals surface area contributed by atoms with E-state index in [2.05, 4.69) is 10.2 Å². The normalized spacial score (nSPS) is 33.4. The van der Waals surface area contributed by atoms with Crippen molar-refractivity contribution in [1.82, 2.24) is 10.2 Å². The van der Waals surface area contributed by atoms with Crippen molar-refractivity contribution < 1.29 is 4.79 Å². The molecule has 1 N–H and O–H groups in total. The summed E-state index contributed by atoms with van der Waals surface area (Å²) in [4.78, 5) is 15.6. The molecule has 110 valence electrons. The Labute approximate surface area is 133 Å². The van der Waals surface area contributed by atoms with Crippen molar-refractivity contribution in [2.45, 2.75) is 43.3 Å². The molecule has 4 rings (SSSR count). The van der Waals surface area contributed by atoms with E-state index in [0.717, 1.165) is 21.9 Å². The zero-order chi connectivity index (χ0) is 14.4. The van der Waals surface area contributed by atoms with Gasteiger partial charge in [-0.05, 0) is 36.6 Å². The van der Waals surface area contributed by atoms with Gasteiger partial charge in [-0.25, -0.2) is 0 Å². The molecule has 2 aliphatic heterocycles. The number of thioether (sulfide) groups is 1. The maximum atomic E-state index is 12.7. The van der Waals surface area contributed by atoms with Crippen LogP contribution < -0.4 is 5.32 Å². The SMILES string of the molecule is O=C1C(=Cc2ccc(Cl)cc2)SC2NC3CCCCC3N12. The van der Waals surface area contributed by atoms with Gasteiger partial charge in [-0.2, -0.15) is 0 Å². The molecule has 3 atom stereocenters. The first-order valence-electron chi connectivity index (χ1n) is 7.45. The zero-order valence-electron chi connectivity index (χ0n) is 11.6. The van der Waals surface area contributed by atoms with Crippen molar-refractivity contribution in [3.8, 4) is 0 Å². The van der Waals surface area contributed by atoms with E-state index < -0.39 is 0 Å². The zero-order valence-corrected chi connectivity index (χ0v) is 13.2. The van der Waals surface area contributed by atoms with E-state index in [0.29, 0.717) is 12.1 Å². The van der Waals surface area contributed by atoms with Gasteiger partial charge in [-0.1, -0.05) is 48.3 Å². The van der Waals surface area contributed by atoms with Gasteiger partial charge in [0.2, 0.25) is 0 Å². The first kappa shape index (κ1) is 13.7. The average Bonchev–Trinajstić information content (AvgIpc) is 2.99. The second kappa shape index (κ2) is 5.34. The van der Waals surface area contributed by atoms with Crippen LogP contribution in [0.15, 0.2) is 29.2 Å². The van der Waals surface area contributed by atoms with Crippen LogP contribution in [0.2, 0.25) is 5.02 Å². The highest BCUT2D eigenvalue weighted by atomic mass is 35.5. The summed E-state index contributed by atoms with van der Waals surface area (Å²) in [7, 11) is 0. The van der Waals surface area contributed by atoms with Gasteiger partial charge in [0.05, 0.1) is 4.91 Å². The molecule has 2 saturated heterocycles. The van der Waals surface area contributed by atoms with Gasteiger partial charge < -0.3 is 4.90 Å². The van der Waals surface area contributed by atoms with E-state index in [1.54, 1.807) is 11.8 Å². The minimum Gasteiger partial charge on any atom is -0.309 e. The lowest BCUT2D eigenvalue weighted by molar-refractivity contribution is -0.127. The Kier molecular flexibility index (Phi) is 3.48. The number of rotatable bonds is 1. The first-order valence-corrected chi connectivity index (χ1v) is 8.71. The molecule has 3 fully saturated rings. The van der Waals surface area contributed by atoms with E-state index in [4.69, 9.17) is 11.6 Å². The highest BCUT2D eigenvalue weighted by molar-refractivity contribution is 8.05. The summed E-state index contributed by atoms with van der Waals surface area (Å²) in [5.41, 5.74) is 1.15. The van der Waals surface area contributed by atoms with Crippen LogP contribution in [0.4, 0.5) is 0 Å². The molecule has 3 unspecified atom stereocenters. The monoisotopic (exact) mass is 320 g/mol. The van der Waals surface area contributed by atoms with Gasteiger partial charge in [0.1, 0.15) is 5.50 Å². The Morgan fingerprint density at radius 1 is 1.24 bits per heavy atom. The number of benzene rings is 1. The van der Waals surface area contributed by atoms with E-state index in [1.807, 2.05) is 30.3 Å². The largest absolute Gasteiger partial charge is 0.309 e. The Hall–Kier alpha value is -0.970. The maximum Gasteiger partial charge on any atom is 0.262 e. The van der Waals surface area contributed by atoms with Gasteiger partial charge in [0.15, 0.2) is 0 Å². The van der Waals surface area contributed by atoms with Gasteiger partial charge in [0, 0.05) is 17.1 Å². The van der Waals surface area contributed by atoms with Crippen molar-refractivity contribution in [3.05, 3.63) is 39.8 Å². The average molecular weight is 321 g/mol. The molecule has 0 aromatic heterocycles. The molecule has 1 aliphatic carbocycles. The minimum absolute atomic E-state index is 0.129. The molecule has 1 aromatic rings. The second-order valence-electron chi connectivity index (χ2n) is 5.87. The summed E-state index contributed by atoms with van der Waals surface area (Å²) < 4.78 is 0. The Balaban J connectivity index is 1.58. The number of halogens is 1. The van der Waals surface area contributed by atoms with Crippen molar-refractivity contribution in [1.29, 1.82) is 0 Å². The molecular weight excluding hydrogens is 304 g/mol. The predicted molar refractivity (Wildman–Crippen MR) is 86.8 cm³/mol. The third-order valence-electron chi connectivity index (χ3n) is 4.55. The van der Waals surface area contributed by atoms with Crippen LogP contribution >= 0.6 is 23.4 Å². The molecule has 0 bridgehead atoms. The summed E-state index contributed by atoms with van der Waals surface area (Å²) in [6.07, 6.45) is 6.82. The number of amides is 1. The minimum atomic E-state index is 0.129. The number of carbonyl (C=O) groups excluding carboxylic acids is 1. The molecule has 3 aliphatic rings. The van der Waals surface area contributed by atoms with Crippen molar-refractivity contribution in [2.24, 2.45) is 0 Å². The van der Waals surface area contributed by atoms with Gasteiger partial charge in [-0.3, -0.25) is 10.1 Å². The van der Waals surface area contributed by atoms with Gasteiger partial charge in [0.25, 0.3) is 5.91 Å². The molecular formula is C16H17ClN2OS. The lowest BCUT2D eigenvalue weighted by Gasteiger charge is -2.29. The van der Waals surface area contributed by atoms with E-state index in [1.165, 1.54) is 19.3 Å². The van der Waals surface area contributed by atoms with Crippen molar-refractivity contribution in [3.63, 3.8) is 0 Å². The fraction of sp³-hybridized carbons (Fsp3) is 0.438. The van der Waals surface area contributed by atoms with Crippen LogP contribution in [-0.4, -0.2) is 28.4 Å². The third-order valence-corrected chi connectivity index (χ3v) is 5.93. The first-order chi connectivity index (χ1) is 10.2. The molecule has 0 spiro atoms. The molecule has 3 nitrogen and oxygen atoms in total. The number of hydrogen-bond acceptors (Lipinski definition) is 3. The van der Waals surface area contributed by atoms with E-state index >= 15 is 0 Å². The second-order valence-corrected chi connectivity index (χ2v) is 7.43. The third kappa shape index (κ3) is 2.39. The topological polar surface area (TPSA) is 32.3 Å². The summed E-state index contributed by atoms with van der Waals surface area (Å²) in [6, 6.07) is 8.49. The number of fused-ring (bicyclic) bond motifs is 3. The Bertz CT molecular complexity index is 601. The molecule has 2 heterocycles. The number of nitrogens with one attached hydrogen (secondary N) is 1. The van der Waals surface area contributed by atoms with Crippen molar-refractivity contribution in [2.75, 3.05) is 0 Å². The fourth-order valence-corrected chi connectivity index (χ4v) is 4.91. The van der Waals surface area contributed by atoms with Crippen molar-refractivity contribution >= 4 is 35.3 Å². The van der Waals surface area contributed by atoms with E-state index in [9.17, 15) is 4.79 Å². The molecule has 5 heteroatoms. The maximum absolute atomic E-state index is 12.7. The van der Waals surface area contributed by atoms with Gasteiger partial charge >= 0.3 is 0 Å². The van der Waals surface area contributed by atoms with Crippen LogP contribution in [-0.2, 0) is 4.79 Å². The number of carbonyl (C=O) groups is 1. The summed E-state index contributed by atoms with van der Waals surface area (Å²) in [6.45, 7) is 0. The quantitative estimate of drug-likeness (QED) is 0.804. The van der Waals surface area contributed by atoms with Crippen LogP contribution in [0.3, 0.4) is 0 Å². The fourth-order valence-electron chi connectivity index (χ4n) is 3.53. The molecule has 1 amide bonds. The van der Waals surface area contributed by atoms with Gasteiger partial charge in [-0.15, -0.1) is 0 Å².